The second-order valence-corrected chi connectivity index (χ2v) is 6.01. The number of primary sulfonamides is 1. The number of sulfonamides is 1. The molecule has 1 heterocycles. The molecule has 2 unspecified atom stereocenters. The Kier molecular flexibility index (Phi) is 4.51. The Morgan fingerprint density at radius 2 is 2.07 bits per heavy atom. The molecule has 90 valence electrons. The number of hydrogen-bond donors (Lipinski definition) is 2. The summed E-state index contributed by atoms with van der Waals surface area (Å²) in [5.74, 6) is 0.0217. The van der Waals surface area contributed by atoms with Crippen molar-refractivity contribution < 1.29 is 8.42 Å². The molecular formula is C9H21N3O2S. The average Bonchev–Trinajstić information content (AvgIpc) is 2.14. The first kappa shape index (κ1) is 12.9. The third kappa shape index (κ3) is 4.06. The van der Waals surface area contributed by atoms with E-state index >= 15 is 0 Å². The summed E-state index contributed by atoms with van der Waals surface area (Å²) in [6, 6.07) is 0.726. The van der Waals surface area contributed by atoms with Crippen LogP contribution in [0, 0.1) is 0 Å². The summed E-state index contributed by atoms with van der Waals surface area (Å²) in [5.41, 5.74) is 5.67. The molecule has 4 N–H and O–H groups in total. The van der Waals surface area contributed by atoms with Gasteiger partial charge in [0.15, 0.2) is 0 Å². The highest BCUT2D eigenvalue weighted by atomic mass is 32.2. The second-order valence-electron chi connectivity index (χ2n) is 4.27. The zero-order valence-electron chi connectivity index (χ0n) is 9.22. The summed E-state index contributed by atoms with van der Waals surface area (Å²) in [5, 5.41) is 5.00. The molecule has 1 rings (SSSR count). The fraction of sp³-hybridized carbons (Fsp3) is 1.00. The van der Waals surface area contributed by atoms with Crippen molar-refractivity contribution in [2.24, 2.45) is 10.9 Å². The van der Waals surface area contributed by atoms with Crippen molar-refractivity contribution in [2.75, 3.05) is 18.8 Å². The fourth-order valence-electron chi connectivity index (χ4n) is 2.23. The summed E-state index contributed by atoms with van der Waals surface area (Å²) < 4.78 is 21.8. The van der Waals surface area contributed by atoms with E-state index in [0.717, 1.165) is 12.8 Å². The van der Waals surface area contributed by atoms with Crippen LogP contribution in [0.1, 0.15) is 26.2 Å². The maximum atomic E-state index is 10.9. The third-order valence-electron chi connectivity index (χ3n) is 3.10. The molecule has 0 aromatic rings. The van der Waals surface area contributed by atoms with Crippen LogP contribution in [0.15, 0.2) is 0 Å². The minimum absolute atomic E-state index is 0.0217. The molecule has 0 aromatic carbocycles. The first-order valence-electron chi connectivity index (χ1n) is 5.40. The lowest BCUT2D eigenvalue weighted by Crippen LogP contribution is -2.50. The van der Waals surface area contributed by atoms with Gasteiger partial charge in [-0.2, -0.15) is 0 Å². The normalized spacial score (nSPS) is 29.3. The van der Waals surface area contributed by atoms with Crippen LogP contribution in [0.4, 0.5) is 0 Å². The standard InChI is InChI=1S/C9H21N3O2S/c1-8-3-2-4-9(7-10)12(8)5-6-15(11,13)14/h8-9H,2-7,10H2,1H3,(H2,11,13,14). The van der Waals surface area contributed by atoms with Gasteiger partial charge in [-0.3, -0.25) is 4.90 Å². The van der Waals surface area contributed by atoms with Crippen LogP contribution in [0.2, 0.25) is 0 Å². The van der Waals surface area contributed by atoms with E-state index in [2.05, 4.69) is 11.8 Å². The van der Waals surface area contributed by atoms with Gasteiger partial charge in [0.1, 0.15) is 0 Å². The maximum Gasteiger partial charge on any atom is 0.210 e. The lowest BCUT2D eigenvalue weighted by molar-refractivity contribution is 0.105. The van der Waals surface area contributed by atoms with Gasteiger partial charge in [0, 0.05) is 25.2 Å². The first-order valence-corrected chi connectivity index (χ1v) is 7.12. The van der Waals surface area contributed by atoms with Crippen LogP contribution in [0.25, 0.3) is 0 Å². The zero-order valence-corrected chi connectivity index (χ0v) is 10.0. The molecule has 0 amide bonds. The number of nitrogens with zero attached hydrogens (tertiary/aromatic N) is 1. The fourth-order valence-corrected chi connectivity index (χ4v) is 2.69. The number of likely N-dealkylation sites (tertiary alicyclic amines) is 1. The highest BCUT2D eigenvalue weighted by Gasteiger charge is 2.27. The minimum Gasteiger partial charge on any atom is -0.329 e. The maximum absolute atomic E-state index is 10.9. The lowest BCUT2D eigenvalue weighted by atomic mass is 9.97. The van der Waals surface area contributed by atoms with Gasteiger partial charge in [-0.15, -0.1) is 0 Å². The van der Waals surface area contributed by atoms with Gasteiger partial charge in [-0.05, 0) is 19.8 Å². The molecule has 15 heavy (non-hydrogen) atoms. The van der Waals surface area contributed by atoms with Crippen molar-refractivity contribution in [3.63, 3.8) is 0 Å². The third-order valence-corrected chi connectivity index (χ3v) is 3.85. The summed E-state index contributed by atoms with van der Waals surface area (Å²) in [7, 11) is -3.36. The van der Waals surface area contributed by atoms with Crippen molar-refractivity contribution in [1.82, 2.24) is 4.90 Å². The summed E-state index contributed by atoms with van der Waals surface area (Å²) in [4.78, 5) is 2.17. The van der Waals surface area contributed by atoms with Gasteiger partial charge < -0.3 is 5.73 Å². The van der Waals surface area contributed by atoms with Crippen LogP contribution in [0.5, 0.6) is 0 Å². The number of piperidine rings is 1. The average molecular weight is 235 g/mol. The van der Waals surface area contributed by atoms with Crippen LogP contribution in [-0.4, -0.2) is 44.2 Å². The molecule has 1 saturated heterocycles. The lowest BCUT2D eigenvalue weighted by Gasteiger charge is -2.40. The zero-order chi connectivity index (χ0) is 11.5. The molecule has 2 atom stereocenters. The number of nitrogens with two attached hydrogens (primary N) is 2. The van der Waals surface area contributed by atoms with Crippen molar-refractivity contribution >= 4 is 10.0 Å². The van der Waals surface area contributed by atoms with Gasteiger partial charge in [0.05, 0.1) is 5.75 Å². The summed E-state index contributed by atoms with van der Waals surface area (Å²) in [6.45, 7) is 3.21. The highest BCUT2D eigenvalue weighted by Crippen LogP contribution is 2.21. The molecule has 1 aliphatic heterocycles. The Balaban J connectivity index is 2.55. The largest absolute Gasteiger partial charge is 0.329 e. The summed E-state index contributed by atoms with van der Waals surface area (Å²) >= 11 is 0. The predicted octanol–water partition coefficient (Wildman–Crippen LogP) is -0.523. The van der Waals surface area contributed by atoms with Crippen molar-refractivity contribution in [1.29, 1.82) is 0 Å². The molecule has 0 radical (unpaired) electrons. The van der Waals surface area contributed by atoms with E-state index in [9.17, 15) is 8.42 Å². The van der Waals surface area contributed by atoms with Crippen LogP contribution in [-0.2, 0) is 10.0 Å². The molecule has 0 spiro atoms. The topological polar surface area (TPSA) is 89.4 Å². The molecule has 1 aliphatic rings. The van der Waals surface area contributed by atoms with E-state index < -0.39 is 10.0 Å². The molecule has 0 bridgehead atoms. The molecule has 0 aromatic heterocycles. The van der Waals surface area contributed by atoms with E-state index in [-0.39, 0.29) is 5.75 Å². The van der Waals surface area contributed by atoms with Crippen LogP contribution < -0.4 is 10.9 Å². The van der Waals surface area contributed by atoms with Crippen molar-refractivity contribution in [3.8, 4) is 0 Å². The monoisotopic (exact) mass is 235 g/mol. The minimum atomic E-state index is -3.36. The van der Waals surface area contributed by atoms with Gasteiger partial charge >= 0.3 is 0 Å². The van der Waals surface area contributed by atoms with Crippen molar-refractivity contribution in [2.45, 2.75) is 38.3 Å². The quantitative estimate of drug-likeness (QED) is 0.686. The number of hydrogen-bond acceptors (Lipinski definition) is 4. The Bertz CT molecular complexity index is 292. The molecule has 5 nitrogen and oxygen atoms in total. The Morgan fingerprint density at radius 1 is 1.40 bits per heavy atom. The highest BCUT2D eigenvalue weighted by molar-refractivity contribution is 7.89. The van der Waals surface area contributed by atoms with Gasteiger partial charge in [0.2, 0.25) is 10.0 Å². The first-order chi connectivity index (χ1) is 6.94. The smallest absolute Gasteiger partial charge is 0.210 e. The van der Waals surface area contributed by atoms with Crippen LogP contribution in [0.3, 0.4) is 0 Å². The van der Waals surface area contributed by atoms with Crippen LogP contribution >= 0.6 is 0 Å². The Morgan fingerprint density at radius 3 is 2.60 bits per heavy atom. The molecule has 0 aliphatic carbocycles. The van der Waals surface area contributed by atoms with Crippen molar-refractivity contribution in [3.05, 3.63) is 0 Å². The predicted molar refractivity (Wildman–Crippen MR) is 60.8 cm³/mol. The SMILES string of the molecule is CC1CCCC(CN)N1CCS(N)(=O)=O. The Labute approximate surface area is 91.9 Å². The second kappa shape index (κ2) is 5.25. The number of rotatable bonds is 4. The molecular weight excluding hydrogens is 214 g/mol. The van der Waals surface area contributed by atoms with E-state index in [0.29, 0.717) is 25.2 Å². The molecule has 1 fully saturated rings. The molecule has 0 saturated carbocycles. The van der Waals surface area contributed by atoms with E-state index in [1.165, 1.54) is 6.42 Å². The van der Waals surface area contributed by atoms with E-state index in [4.69, 9.17) is 10.9 Å². The van der Waals surface area contributed by atoms with E-state index in [1.807, 2.05) is 0 Å². The molecule has 6 heteroatoms. The van der Waals surface area contributed by atoms with Gasteiger partial charge in [-0.1, -0.05) is 6.42 Å². The van der Waals surface area contributed by atoms with Gasteiger partial charge in [0.25, 0.3) is 0 Å². The summed E-state index contributed by atoms with van der Waals surface area (Å²) in [6.07, 6.45) is 3.35. The van der Waals surface area contributed by atoms with E-state index in [1.54, 1.807) is 0 Å². The Hall–Kier alpha value is -0.170. The van der Waals surface area contributed by atoms with Gasteiger partial charge in [-0.25, -0.2) is 13.6 Å².